The SMILES string of the molecule is COc1ccc(/C=C(\C#N)c2cc(OC)c(OC)c(OC)c2)cc1[N+](=O)[O-]. The van der Waals surface area contributed by atoms with Crippen LogP contribution in [0.2, 0.25) is 0 Å². The Kier molecular flexibility index (Phi) is 6.23. The van der Waals surface area contributed by atoms with Gasteiger partial charge in [0.25, 0.3) is 0 Å². The largest absolute Gasteiger partial charge is 0.493 e. The number of allylic oxidation sites excluding steroid dienone is 1. The molecule has 8 nitrogen and oxygen atoms in total. The van der Waals surface area contributed by atoms with Crippen molar-refractivity contribution in [2.45, 2.75) is 0 Å². The van der Waals surface area contributed by atoms with E-state index in [9.17, 15) is 15.4 Å². The monoisotopic (exact) mass is 370 g/mol. The molecule has 0 aliphatic carbocycles. The summed E-state index contributed by atoms with van der Waals surface area (Å²) in [6.07, 6.45) is 1.53. The van der Waals surface area contributed by atoms with Crippen LogP contribution in [0.1, 0.15) is 11.1 Å². The maximum Gasteiger partial charge on any atom is 0.311 e. The summed E-state index contributed by atoms with van der Waals surface area (Å²) in [6, 6.07) is 9.81. The van der Waals surface area contributed by atoms with E-state index in [1.807, 2.05) is 0 Å². The molecule has 8 heteroatoms. The number of rotatable bonds is 7. The van der Waals surface area contributed by atoms with Crippen molar-refractivity contribution in [1.29, 1.82) is 5.26 Å². The molecule has 0 aliphatic rings. The van der Waals surface area contributed by atoms with Crippen molar-refractivity contribution in [3.63, 3.8) is 0 Å². The lowest BCUT2D eigenvalue weighted by Gasteiger charge is -2.13. The minimum Gasteiger partial charge on any atom is -0.493 e. The summed E-state index contributed by atoms with van der Waals surface area (Å²) in [6.45, 7) is 0. The van der Waals surface area contributed by atoms with E-state index in [4.69, 9.17) is 18.9 Å². The zero-order valence-corrected chi connectivity index (χ0v) is 15.3. The van der Waals surface area contributed by atoms with Crippen molar-refractivity contribution in [2.75, 3.05) is 28.4 Å². The molecule has 2 rings (SSSR count). The lowest BCUT2D eigenvalue weighted by Crippen LogP contribution is -1.97. The number of nitro benzene ring substituents is 1. The quantitative estimate of drug-likeness (QED) is 0.317. The highest BCUT2D eigenvalue weighted by Crippen LogP contribution is 2.40. The Morgan fingerprint density at radius 3 is 2.04 bits per heavy atom. The summed E-state index contributed by atoms with van der Waals surface area (Å²) in [5.74, 6) is 1.34. The molecule has 0 unspecified atom stereocenters. The third kappa shape index (κ3) is 4.10. The Balaban J connectivity index is 2.59. The number of benzene rings is 2. The van der Waals surface area contributed by atoms with E-state index in [1.54, 1.807) is 18.2 Å². The Bertz CT molecular complexity index is 905. The number of methoxy groups -OCH3 is 4. The van der Waals surface area contributed by atoms with E-state index in [1.165, 1.54) is 46.6 Å². The molecule has 140 valence electrons. The number of hydrogen-bond acceptors (Lipinski definition) is 7. The van der Waals surface area contributed by atoms with Crippen LogP contribution in [-0.4, -0.2) is 33.4 Å². The standard InChI is InChI=1S/C19H18N2O6/c1-24-16-6-5-12(8-15(16)21(22)23)7-14(11-20)13-9-17(25-2)19(27-4)18(10-13)26-3/h5-10H,1-4H3/b14-7+. The van der Waals surface area contributed by atoms with Gasteiger partial charge in [-0.15, -0.1) is 0 Å². The van der Waals surface area contributed by atoms with Crippen LogP contribution in [0.5, 0.6) is 23.0 Å². The van der Waals surface area contributed by atoms with Crippen molar-refractivity contribution in [3.05, 3.63) is 51.6 Å². The summed E-state index contributed by atoms with van der Waals surface area (Å²) >= 11 is 0. The van der Waals surface area contributed by atoms with Gasteiger partial charge in [-0.3, -0.25) is 10.1 Å². The topological polar surface area (TPSA) is 104 Å². The molecule has 0 saturated carbocycles. The predicted octanol–water partition coefficient (Wildman–Crippen LogP) is 3.69. The van der Waals surface area contributed by atoms with Crippen molar-refractivity contribution >= 4 is 17.3 Å². The smallest absolute Gasteiger partial charge is 0.311 e. The zero-order chi connectivity index (χ0) is 20.0. The van der Waals surface area contributed by atoms with Gasteiger partial charge < -0.3 is 18.9 Å². The average Bonchev–Trinajstić information content (AvgIpc) is 2.70. The van der Waals surface area contributed by atoms with Gasteiger partial charge in [0.05, 0.1) is 45.0 Å². The van der Waals surface area contributed by atoms with Crippen LogP contribution in [0.4, 0.5) is 5.69 Å². The van der Waals surface area contributed by atoms with Gasteiger partial charge in [0.15, 0.2) is 17.2 Å². The van der Waals surface area contributed by atoms with Crippen LogP contribution < -0.4 is 18.9 Å². The fourth-order valence-electron chi connectivity index (χ4n) is 2.52. The molecule has 0 bridgehead atoms. The number of ether oxygens (including phenoxy) is 4. The third-order valence-corrected chi connectivity index (χ3v) is 3.81. The molecule has 0 aromatic heterocycles. The average molecular weight is 370 g/mol. The van der Waals surface area contributed by atoms with E-state index in [0.29, 0.717) is 28.4 Å². The summed E-state index contributed by atoms with van der Waals surface area (Å²) in [7, 11) is 5.79. The minimum absolute atomic E-state index is 0.142. The van der Waals surface area contributed by atoms with Gasteiger partial charge in [-0.1, -0.05) is 6.07 Å². The molecule has 0 saturated heterocycles. The Morgan fingerprint density at radius 2 is 1.59 bits per heavy atom. The van der Waals surface area contributed by atoms with Crippen molar-refractivity contribution in [3.8, 4) is 29.1 Å². The molecule has 0 spiro atoms. The number of hydrogen-bond donors (Lipinski definition) is 0. The van der Waals surface area contributed by atoms with E-state index < -0.39 is 4.92 Å². The molecular formula is C19H18N2O6. The highest BCUT2D eigenvalue weighted by molar-refractivity contribution is 5.91. The minimum atomic E-state index is -0.540. The molecule has 27 heavy (non-hydrogen) atoms. The summed E-state index contributed by atoms with van der Waals surface area (Å²) < 4.78 is 20.9. The van der Waals surface area contributed by atoms with Gasteiger partial charge in [0, 0.05) is 6.07 Å². The molecule has 0 N–H and O–H groups in total. The summed E-state index contributed by atoms with van der Waals surface area (Å²) in [4.78, 5) is 10.6. The van der Waals surface area contributed by atoms with Gasteiger partial charge in [-0.2, -0.15) is 5.26 Å². The second-order valence-corrected chi connectivity index (χ2v) is 5.27. The van der Waals surface area contributed by atoms with Crippen LogP contribution in [0, 0.1) is 21.4 Å². The Labute approximate surface area is 156 Å². The van der Waals surface area contributed by atoms with Gasteiger partial charge in [0.1, 0.15) is 0 Å². The lowest BCUT2D eigenvalue weighted by molar-refractivity contribution is -0.385. The van der Waals surface area contributed by atoms with Crippen LogP contribution >= 0.6 is 0 Å². The van der Waals surface area contributed by atoms with E-state index in [-0.39, 0.29) is 17.0 Å². The first-order valence-electron chi connectivity index (χ1n) is 7.73. The fourth-order valence-corrected chi connectivity index (χ4v) is 2.52. The molecule has 0 fully saturated rings. The normalized spacial score (nSPS) is 10.7. The molecule has 0 amide bonds. The first kappa shape index (κ1) is 19.6. The molecule has 2 aromatic rings. The number of nitro groups is 1. The highest BCUT2D eigenvalue weighted by atomic mass is 16.6. The predicted molar refractivity (Wildman–Crippen MR) is 99.2 cm³/mol. The van der Waals surface area contributed by atoms with Crippen LogP contribution in [-0.2, 0) is 0 Å². The second kappa shape index (κ2) is 8.58. The maximum atomic E-state index is 11.2. The van der Waals surface area contributed by atoms with Crippen molar-refractivity contribution in [2.24, 2.45) is 0 Å². The van der Waals surface area contributed by atoms with E-state index in [0.717, 1.165) is 0 Å². The van der Waals surface area contributed by atoms with Crippen LogP contribution in [0.3, 0.4) is 0 Å². The van der Waals surface area contributed by atoms with Gasteiger partial charge in [-0.25, -0.2) is 0 Å². The van der Waals surface area contributed by atoms with Crippen molar-refractivity contribution < 1.29 is 23.9 Å². The van der Waals surface area contributed by atoms with Gasteiger partial charge >= 0.3 is 5.69 Å². The fraction of sp³-hybridized carbons (Fsp3) is 0.211. The first-order chi connectivity index (χ1) is 13.0. The molecule has 0 aliphatic heterocycles. The zero-order valence-electron chi connectivity index (χ0n) is 15.3. The van der Waals surface area contributed by atoms with Crippen molar-refractivity contribution in [1.82, 2.24) is 0 Å². The maximum absolute atomic E-state index is 11.2. The molecule has 0 radical (unpaired) electrons. The molecule has 0 heterocycles. The third-order valence-electron chi connectivity index (χ3n) is 3.81. The van der Waals surface area contributed by atoms with Crippen LogP contribution in [0.15, 0.2) is 30.3 Å². The van der Waals surface area contributed by atoms with Gasteiger partial charge in [0.2, 0.25) is 5.75 Å². The van der Waals surface area contributed by atoms with Gasteiger partial charge in [-0.05, 0) is 35.4 Å². The molecule has 0 atom stereocenters. The highest BCUT2D eigenvalue weighted by Gasteiger charge is 2.17. The Hall–Kier alpha value is -3.73. The summed E-state index contributed by atoms with van der Waals surface area (Å²) in [5, 5.41) is 20.8. The van der Waals surface area contributed by atoms with E-state index in [2.05, 4.69) is 6.07 Å². The second-order valence-electron chi connectivity index (χ2n) is 5.27. The lowest BCUT2D eigenvalue weighted by atomic mass is 10.0. The number of nitrogens with zero attached hydrogens (tertiary/aromatic N) is 2. The molecule has 2 aromatic carbocycles. The Morgan fingerprint density at radius 1 is 1.00 bits per heavy atom. The molecular weight excluding hydrogens is 352 g/mol. The number of nitriles is 1. The van der Waals surface area contributed by atoms with Crippen LogP contribution in [0.25, 0.3) is 11.6 Å². The first-order valence-corrected chi connectivity index (χ1v) is 7.73. The summed E-state index contributed by atoms with van der Waals surface area (Å²) in [5.41, 5.74) is 1.08. The van der Waals surface area contributed by atoms with E-state index >= 15 is 0 Å².